The van der Waals surface area contributed by atoms with E-state index in [0.717, 1.165) is 0 Å². The Morgan fingerprint density at radius 1 is 0.533 bits per heavy atom. The van der Waals surface area contributed by atoms with Gasteiger partial charge in [-0.1, -0.05) is 0 Å². The Morgan fingerprint density at radius 3 is 0.700 bits per heavy atom. The van der Waals surface area contributed by atoms with Crippen LogP contribution in [0.25, 0.3) is 0 Å². The number of aliphatic hydroxyl groups is 6. The molecular formula is C12H24N3Na3O12. The molecule has 0 aliphatic rings. The molecule has 9 N–H and O–H groups in total. The first-order valence-electron chi connectivity index (χ1n) is 7.10. The van der Waals surface area contributed by atoms with Gasteiger partial charge in [-0.25, -0.2) is 0 Å². The number of carbonyl (C=O) groups is 3. The van der Waals surface area contributed by atoms with E-state index in [1.165, 1.54) is 20.8 Å². The van der Waals surface area contributed by atoms with Gasteiger partial charge in [0.15, 0.2) is 0 Å². The molecule has 3 atom stereocenters. The van der Waals surface area contributed by atoms with Crippen LogP contribution in [0.3, 0.4) is 0 Å². The molecule has 0 aromatic heterocycles. The van der Waals surface area contributed by atoms with E-state index >= 15 is 0 Å². The summed E-state index contributed by atoms with van der Waals surface area (Å²) in [4.78, 5) is 29.5. The van der Waals surface area contributed by atoms with Gasteiger partial charge >= 0.3 is 88.7 Å². The second-order valence-corrected chi connectivity index (χ2v) is 4.74. The van der Waals surface area contributed by atoms with Crippen LogP contribution in [0.15, 0.2) is 0 Å². The Labute approximate surface area is 238 Å². The number of aliphatic carboxylic acids is 3. The standard InChI is InChI=1S/3C4H9NO4.3Na/c3*1-2(3(6)7)5-4(8)9;;;/h3*2,4-5,8-9H,1H3,(H,6,7);;;/q;;;3*+1/p-3/t3*2-;;;/m000.../s1. The first-order chi connectivity index (χ1) is 12.1. The molecule has 0 radical (unpaired) electrons. The Balaban J connectivity index is -0.0000000686. The van der Waals surface area contributed by atoms with E-state index in [2.05, 4.69) is 0 Å². The van der Waals surface area contributed by atoms with Crippen molar-refractivity contribution >= 4 is 17.9 Å². The Morgan fingerprint density at radius 2 is 0.667 bits per heavy atom. The number of carboxylic acid groups (broad SMARTS) is 3. The van der Waals surface area contributed by atoms with Crippen molar-refractivity contribution in [2.24, 2.45) is 0 Å². The minimum Gasteiger partial charge on any atom is -0.548 e. The van der Waals surface area contributed by atoms with Crippen molar-refractivity contribution in [3.05, 3.63) is 0 Å². The predicted octanol–water partition coefficient (Wildman–Crippen LogP) is -18.0. The van der Waals surface area contributed by atoms with Crippen molar-refractivity contribution in [3.63, 3.8) is 0 Å². The van der Waals surface area contributed by atoms with E-state index in [4.69, 9.17) is 30.6 Å². The van der Waals surface area contributed by atoms with E-state index in [1.807, 2.05) is 16.0 Å². The normalized spacial score (nSPS) is 12.4. The van der Waals surface area contributed by atoms with Crippen molar-refractivity contribution in [2.75, 3.05) is 0 Å². The number of aliphatic hydroxyl groups excluding tert-OH is 3. The zero-order valence-electron chi connectivity index (χ0n) is 17.6. The first kappa shape index (κ1) is 44.7. The molecule has 0 saturated heterocycles. The number of nitrogens with one attached hydrogen (secondary N) is 3. The molecule has 30 heavy (non-hydrogen) atoms. The van der Waals surface area contributed by atoms with Gasteiger partial charge < -0.3 is 60.3 Å². The summed E-state index contributed by atoms with van der Waals surface area (Å²) in [5, 5.41) is 83.9. The molecule has 15 nitrogen and oxygen atoms in total. The van der Waals surface area contributed by atoms with Crippen molar-refractivity contribution in [2.45, 2.75) is 58.1 Å². The van der Waals surface area contributed by atoms with E-state index in [-0.39, 0.29) is 88.7 Å². The molecule has 0 heterocycles. The Kier molecular flexibility index (Phi) is 39.2. The molecule has 0 spiro atoms. The molecule has 0 aliphatic carbocycles. The van der Waals surface area contributed by atoms with Crippen LogP contribution in [-0.2, 0) is 14.4 Å². The smallest absolute Gasteiger partial charge is 0.548 e. The predicted molar refractivity (Wildman–Crippen MR) is 77.5 cm³/mol. The van der Waals surface area contributed by atoms with Crippen LogP contribution in [0.2, 0.25) is 0 Å². The number of hydrogen-bond donors (Lipinski definition) is 9. The van der Waals surface area contributed by atoms with E-state index < -0.39 is 55.3 Å². The van der Waals surface area contributed by atoms with Gasteiger partial charge in [0.05, 0.1) is 17.9 Å². The molecular weight excluding hydrogens is 447 g/mol. The van der Waals surface area contributed by atoms with Crippen LogP contribution in [0.5, 0.6) is 0 Å². The summed E-state index contributed by atoms with van der Waals surface area (Å²) >= 11 is 0. The topological polar surface area (TPSA) is 278 Å². The molecule has 0 bridgehead atoms. The van der Waals surface area contributed by atoms with Crippen molar-refractivity contribution in [1.82, 2.24) is 16.0 Å². The van der Waals surface area contributed by atoms with Crippen molar-refractivity contribution < 1.29 is 149 Å². The summed E-state index contributed by atoms with van der Waals surface area (Å²) in [5.41, 5.74) is 0. The molecule has 0 aromatic rings. The van der Waals surface area contributed by atoms with Crippen molar-refractivity contribution in [1.29, 1.82) is 0 Å². The molecule has 162 valence electrons. The minimum atomic E-state index is -1.81. The zero-order valence-corrected chi connectivity index (χ0v) is 23.6. The average molecular weight is 471 g/mol. The van der Waals surface area contributed by atoms with E-state index in [0.29, 0.717) is 0 Å². The van der Waals surface area contributed by atoms with Crippen LogP contribution in [0.1, 0.15) is 20.8 Å². The maximum Gasteiger partial charge on any atom is 1.00 e. The van der Waals surface area contributed by atoms with Gasteiger partial charge in [0.25, 0.3) is 0 Å². The summed E-state index contributed by atoms with van der Waals surface area (Å²) in [5.74, 6) is -4.12. The summed E-state index contributed by atoms with van der Waals surface area (Å²) in [6.45, 7) is 3.73. The molecule has 0 aliphatic heterocycles. The number of carbonyl (C=O) groups excluding carboxylic acids is 3. The van der Waals surface area contributed by atoms with Gasteiger partial charge in [-0.3, -0.25) is 16.0 Å². The number of carboxylic acids is 3. The summed E-state index contributed by atoms with van der Waals surface area (Å²) in [6, 6.07) is -3.15. The fourth-order valence-electron chi connectivity index (χ4n) is 0.875. The van der Waals surface area contributed by atoms with Crippen LogP contribution in [0.4, 0.5) is 0 Å². The molecule has 18 heteroatoms. The van der Waals surface area contributed by atoms with E-state index in [1.54, 1.807) is 0 Å². The first-order valence-corrected chi connectivity index (χ1v) is 7.10. The SMILES string of the molecule is C[C@H](NC(O)O)C(=O)[O-].C[C@H](NC(O)O)C(=O)[O-].C[C@H](NC(O)O)C(=O)[O-].[Na+].[Na+].[Na+]. The molecule has 0 amide bonds. The van der Waals surface area contributed by atoms with Crippen molar-refractivity contribution in [3.8, 4) is 0 Å². The zero-order chi connectivity index (χ0) is 22.3. The maximum atomic E-state index is 9.84. The molecule has 0 saturated carbocycles. The van der Waals surface area contributed by atoms with Crippen LogP contribution in [-0.4, -0.2) is 85.9 Å². The second-order valence-electron chi connectivity index (χ2n) is 4.74. The second kappa shape index (κ2) is 26.3. The van der Waals surface area contributed by atoms with Gasteiger partial charge in [-0.2, -0.15) is 0 Å². The monoisotopic (exact) mass is 471 g/mol. The van der Waals surface area contributed by atoms with Crippen LogP contribution in [0, 0.1) is 0 Å². The summed E-state index contributed by atoms with van der Waals surface area (Å²) in [7, 11) is 0. The number of hydrogen-bond acceptors (Lipinski definition) is 15. The third-order valence-electron chi connectivity index (χ3n) is 2.26. The Hall–Kier alpha value is 1.05. The minimum absolute atomic E-state index is 0. The third kappa shape index (κ3) is 36.4. The Bertz CT molecular complexity index is 384. The fraction of sp³-hybridized carbons (Fsp3) is 0.750. The largest absolute Gasteiger partial charge is 1.00 e. The fourth-order valence-corrected chi connectivity index (χ4v) is 0.875. The maximum absolute atomic E-state index is 9.84. The van der Waals surface area contributed by atoms with Gasteiger partial charge in [-0.15, -0.1) is 0 Å². The van der Waals surface area contributed by atoms with Crippen LogP contribution >= 0.6 is 0 Å². The van der Waals surface area contributed by atoms with Gasteiger partial charge in [-0.05, 0) is 20.8 Å². The molecule has 0 unspecified atom stereocenters. The average Bonchev–Trinajstić information content (AvgIpc) is 2.46. The quantitative estimate of drug-likeness (QED) is 0.111. The van der Waals surface area contributed by atoms with Gasteiger partial charge in [0.2, 0.25) is 19.2 Å². The van der Waals surface area contributed by atoms with Gasteiger partial charge in [0, 0.05) is 18.1 Å². The molecule has 0 fully saturated rings. The summed E-state index contributed by atoms with van der Waals surface area (Å²) in [6.07, 6.45) is -5.42. The molecule has 0 aromatic carbocycles. The van der Waals surface area contributed by atoms with E-state index in [9.17, 15) is 29.7 Å². The number of rotatable bonds is 9. The third-order valence-corrected chi connectivity index (χ3v) is 2.26. The van der Waals surface area contributed by atoms with Crippen LogP contribution < -0.4 is 120 Å². The summed E-state index contributed by atoms with van der Waals surface area (Å²) < 4.78 is 0. The molecule has 0 rings (SSSR count). The van der Waals surface area contributed by atoms with Gasteiger partial charge in [0.1, 0.15) is 0 Å².